The molecule has 0 spiro atoms. The molecule has 2 aliphatic carbocycles. The fourth-order valence-electron chi connectivity index (χ4n) is 4.39. The van der Waals surface area contributed by atoms with Gasteiger partial charge >= 0.3 is 11.9 Å². The second-order valence-electron chi connectivity index (χ2n) is 9.26. The largest absolute Gasteiger partial charge is 0.478 e. The Bertz CT molecular complexity index is 1290. The number of ether oxygens (including phenoxy) is 1. The summed E-state index contributed by atoms with van der Waals surface area (Å²) in [5.74, 6) is -7.46. The van der Waals surface area contributed by atoms with E-state index in [-0.39, 0.29) is 42.0 Å². The highest BCUT2D eigenvalue weighted by Gasteiger charge is 2.37. The Labute approximate surface area is 220 Å². The van der Waals surface area contributed by atoms with Crippen LogP contribution in [0.4, 0.5) is 28.9 Å². The van der Waals surface area contributed by atoms with Crippen molar-refractivity contribution < 1.29 is 41.9 Å². The number of aromatic nitrogens is 2. The van der Waals surface area contributed by atoms with E-state index in [9.17, 15) is 37.3 Å². The van der Waals surface area contributed by atoms with Crippen LogP contribution in [0.2, 0.25) is 0 Å². The van der Waals surface area contributed by atoms with E-state index in [0.29, 0.717) is 29.8 Å². The van der Waals surface area contributed by atoms with Gasteiger partial charge in [0, 0.05) is 37.7 Å². The number of alkyl halides is 4. The average Bonchev–Trinajstić information content (AvgIpc) is 2.88. The number of carboxylic acid groups (broad SMARTS) is 1. The maximum absolute atomic E-state index is 13.2. The third-order valence-corrected chi connectivity index (χ3v) is 6.47. The van der Waals surface area contributed by atoms with Gasteiger partial charge in [-0.25, -0.2) is 32.1 Å². The van der Waals surface area contributed by atoms with Crippen molar-refractivity contribution in [2.75, 3.05) is 12.8 Å². The van der Waals surface area contributed by atoms with Gasteiger partial charge in [-0.3, -0.25) is 15.1 Å². The van der Waals surface area contributed by atoms with Crippen LogP contribution in [0.3, 0.4) is 0 Å². The number of allylic oxidation sites excluding steroid dienone is 2. The van der Waals surface area contributed by atoms with Gasteiger partial charge in [-0.2, -0.15) is 0 Å². The smallest absolute Gasteiger partial charge is 0.339 e. The van der Waals surface area contributed by atoms with E-state index in [0.717, 1.165) is 12.3 Å². The summed E-state index contributed by atoms with van der Waals surface area (Å²) >= 11 is 0. The van der Waals surface area contributed by atoms with Crippen molar-refractivity contribution in [1.82, 2.24) is 9.97 Å². The Balaban J connectivity index is 0.000000216. The van der Waals surface area contributed by atoms with E-state index in [4.69, 9.17) is 10.8 Å². The average molecular weight is 554 g/mol. The summed E-state index contributed by atoms with van der Waals surface area (Å²) in [5, 5.41) is 19.7. The van der Waals surface area contributed by atoms with Crippen LogP contribution in [0.25, 0.3) is 5.57 Å². The summed E-state index contributed by atoms with van der Waals surface area (Å²) in [5.41, 5.74) is 6.33. The van der Waals surface area contributed by atoms with Crippen LogP contribution in [0.15, 0.2) is 30.6 Å². The fourth-order valence-corrected chi connectivity index (χ4v) is 4.39. The maximum Gasteiger partial charge on any atom is 0.339 e. The van der Waals surface area contributed by atoms with Gasteiger partial charge in [0.05, 0.1) is 46.4 Å². The SMILES string of the molecule is COC(=O)c1cc(N)cnc1C1CCC(F)(F)CC1.O=C(O)c1cc([N+](=O)[O-])cnc1C1=CCC(F)(F)CC1. The molecule has 0 unspecified atom stereocenters. The van der Waals surface area contributed by atoms with Crippen LogP contribution < -0.4 is 5.73 Å². The van der Waals surface area contributed by atoms with E-state index in [2.05, 4.69) is 14.7 Å². The minimum Gasteiger partial charge on any atom is -0.478 e. The quantitative estimate of drug-likeness (QED) is 0.207. The standard InChI is InChI=1S/C13H16F2N2O2.C12H10F2N2O4/c1-19-12(18)10-6-9(16)7-17-11(10)8-2-4-13(14,15)5-3-8;13-12(14)3-1-7(2-4-12)10-9(11(17)18)5-8(6-15-10)16(19)20/h6-8H,2-5,16H2,1H3;1,5-6H,2-4H2,(H,17,18). The molecule has 2 heterocycles. The number of pyridine rings is 2. The first-order valence-electron chi connectivity index (χ1n) is 11.9. The molecule has 0 radical (unpaired) electrons. The zero-order valence-corrected chi connectivity index (χ0v) is 20.8. The third-order valence-electron chi connectivity index (χ3n) is 6.47. The number of anilines is 1. The van der Waals surface area contributed by atoms with E-state index in [1.54, 1.807) is 0 Å². The highest BCUT2D eigenvalue weighted by molar-refractivity contribution is 5.94. The van der Waals surface area contributed by atoms with Gasteiger partial charge < -0.3 is 15.6 Å². The van der Waals surface area contributed by atoms with Crippen molar-refractivity contribution in [3.63, 3.8) is 0 Å². The number of carbonyl (C=O) groups is 2. The number of hydrogen-bond donors (Lipinski definition) is 2. The molecule has 1 fully saturated rings. The highest BCUT2D eigenvalue weighted by atomic mass is 19.3. The molecule has 39 heavy (non-hydrogen) atoms. The number of nitrogens with two attached hydrogens (primary N) is 1. The Kier molecular flexibility index (Phi) is 8.87. The van der Waals surface area contributed by atoms with Gasteiger partial charge in [0.2, 0.25) is 5.92 Å². The summed E-state index contributed by atoms with van der Waals surface area (Å²) in [6.45, 7) is 0. The van der Waals surface area contributed by atoms with Gasteiger partial charge in [0.15, 0.2) is 0 Å². The molecular weight excluding hydrogens is 528 g/mol. The van der Waals surface area contributed by atoms with Gasteiger partial charge in [0.25, 0.3) is 11.6 Å². The van der Waals surface area contributed by atoms with Crippen molar-refractivity contribution in [2.24, 2.45) is 0 Å². The van der Waals surface area contributed by atoms with Crippen molar-refractivity contribution in [2.45, 2.75) is 62.7 Å². The molecule has 14 heteroatoms. The molecule has 4 rings (SSSR count). The predicted octanol–water partition coefficient (Wildman–Crippen LogP) is 5.63. The topological polar surface area (TPSA) is 159 Å². The second-order valence-corrected chi connectivity index (χ2v) is 9.26. The zero-order chi connectivity index (χ0) is 29.0. The number of nitrogens with zero attached hydrogens (tertiary/aromatic N) is 3. The summed E-state index contributed by atoms with van der Waals surface area (Å²) in [7, 11) is 1.27. The molecule has 0 aromatic carbocycles. The lowest BCUT2D eigenvalue weighted by Gasteiger charge is -2.28. The summed E-state index contributed by atoms with van der Waals surface area (Å²) in [6.07, 6.45) is 2.99. The number of nitrogen functional groups attached to an aromatic ring is 1. The first-order valence-corrected chi connectivity index (χ1v) is 11.9. The molecule has 1 saturated carbocycles. The molecule has 2 aliphatic rings. The Hall–Kier alpha value is -4.10. The molecule has 10 nitrogen and oxygen atoms in total. The zero-order valence-electron chi connectivity index (χ0n) is 20.8. The van der Waals surface area contributed by atoms with Crippen LogP contribution in [0.1, 0.15) is 83.0 Å². The number of halogens is 4. The van der Waals surface area contributed by atoms with Crippen molar-refractivity contribution in [1.29, 1.82) is 0 Å². The molecule has 0 atom stereocenters. The number of carboxylic acids is 1. The molecule has 3 N–H and O–H groups in total. The van der Waals surface area contributed by atoms with Crippen LogP contribution in [-0.4, -0.2) is 50.9 Å². The molecule has 2 aromatic rings. The monoisotopic (exact) mass is 554 g/mol. The number of aromatic carboxylic acids is 1. The van der Waals surface area contributed by atoms with Gasteiger partial charge in [-0.15, -0.1) is 0 Å². The highest BCUT2D eigenvalue weighted by Crippen LogP contribution is 2.41. The van der Waals surface area contributed by atoms with Crippen LogP contribution in [-0.2, 0) is 4.74 Å². The number of rotatable bonds is 5. The lowest BCUT2D eigenvalue weighted by molar-refractivity contribution is -0.385. The van der Waals surface area contributed by atoms with Gasteiger partial charge in [-0.05, 0) is 30.9 Å². The molecule has 2 aromatic heterocycles. The number of esters is 1. The normalized spacial score (nSPS) is 18.2. The predicted molar refractivity (Wildman–Crippen MR) is 131 cm³/mol. The minimum atomic E-state index is -2.80. The fraction of sp³-hybridized carbons (Fsp3) is 0.440. The van der Waals surface area contributed by atoms with E-state index in [1.807, 2.05) is 0 Å². The second kappa shape index (κ2) is 11.7. The van der Waals surface area contributed by atoms with Crippen LogP contribution in [0.5, 0.6) is 0 Å². The molecule has 0 amide bonds. The first-order chi connectivity index (χ1) is 18.2. The lowest BCUT2D eigenvalue weighted by Crippen LogP contribution is -2.25. The van der Waals surface area contributed by atoms with Crippen molar-refractivity contribution in [3.05, 3.63) is 63.2 Å². The molecular formula is C25H26F4N4O6. The van der Waals surface area contributed by atoms with E-state index in [1.165, 1.54) is 25.4 Å². The van der Waals surface area contributed by atoms with Crippen molar-refractivity contribution >= 4 is 28.9 Å². The minimum absolute atomic E-state index is 0.0126. The van der Waals surface area contributed by atoms with Gasteiger partial charge in [-0.1, -0.05) is 6.08 Å². The summed E-state index contributed by atoms with van der Waals surface area (Å²) in [4.78, 5) is 40.6. The molecule has 0 saturated heterocycles. The number of carbonyl (C=O) groups excluding carboxylic acids is 1. The Morgan fingerprint density at radius 2 is 1.74 bits per heavy atom. The lowest BCUT2D eigenvalue weighted by atomic mass is 9.83. The van der Waals surface area contributed by atoms with Crippen LogP contribution in [0, 0.1) is 10.1 Å². The maximum atomic E-state index is 13.2. The molecule has 210 valence electrons. The van der Waals surface area contributed by atoms with E-state index >= 15 is 0 Å². The number of hydrogen-bond acceptors (Lipinski definition) is 8. The van der Waals surface area contributed by atoms with Crippen molar-refractivity contribution in [3.8, 4) is 0 Å². The number of methoxy groups -OCH3 is 1. The molecule has 0 bridgehead atoms. The Morgan fingerprint density at radius 3 is 2.28 bits per heavy atom. The summed E-state index contributed by atoms with van der Waals surface area (Å²) in [6, 6.07) is 2.37. The third kappa shape index (κ3) is 7.48. The number of nitro groups is 1. The first kappa shape index (κ1) is 29.5. The van der Waals surface area contributed by atoms with Crippen LogP contribution >= 0.6 is 0 Å². The van der Waals surface area contributed by atoms with E-state index < -0.39 is 47.2 Å². The van der Waals surface area contributed by atoms with Gasteiger partial charge in [0.1, 0.15) is 6.20 Å². The molecule has 0 aliphatic heterocycles. The summed E-state index contributed by atoms with van der Waals surface area (Å²) < 4.78 is 57.1. The Morgan fingerprint density at radius 1 is 1.08 bits per heavy atom.